The number of aromatic nitrogens is 1. The van der Waals surface area contributed by atoms with Gasteiger partial charge in [-0.25, -0.2) is 17.9 Å². The van der Waals surface area contributed by atoms with Crippen LogP contribution in [0.3, 0.4) is 0 Å². The van der Waals surface area contributed by atoms with Crippen molar-refractivity contribution in [2.24, 2.45) is 0 Å². The standard InChI is InChI=1S/C31H32N4O6S/c1-40-26-12-9-25(10-13-26)34-31(37)35-42(38,39)28-6-2-4-21(17-28)22-8-14-30-23(16-22)7-11-27(41-30)19-33-20-29(36)24-5-3-15-32-18-24/h2-6,8-10,12-18,27,29,33,36H,7,11,19-20H2,1H3,(H2,34,35,37). The molecule has 4 N–H and O–H groups in total. The van der Waals surface area contributed by atoms with Crippen molar-refractivity contribution in [3.8, 4) is 22.6 Å². The molecule has 3 aromatic carbocycles. The number of aryl methyl sites for hydroxylation is 1. The van der Waals surface area contributed by atoms with Gasteiger partial charge in [-0.2, -0.15) is 0 Å². The Morgan fingerprint density at radius 1 is 1.07 bits per heavy atom. The van der Waals surface area contributed by atoms with E-state index in [1.165, 1.54) is 19.2 Å². The van der Waals surface area contributed by atoms with Gasteiger partial charge in [0.15, 0.2) is 0 Å². The Bertz CT molecular complexity index is 1630. The summed E-state index contributed by atoms with van der Waals surface area (Å²) in [5, 5.41) is 16.1. The highest BCUT2D eigenvalue weighted by molar-refractivity contribution is 7.90. The lowest BCUT2D eigenvalue weighted by molar-refractivity contribution is 0.146. The molecule has 1 aliphatic heterocycles. The molecule has 0 saturated heterocycles. The number of anilines is 1. The molecule has 1 aromatic heterocycles. The van der Waals surface area contributed by atoms with Crippen molar-refractivity contribution in [2.75, 3.05) is 25.5 Å². The van der Waals surface area contributed by atoms with Crippen molar-refractivity contribution in [1.82, 2.24) is 15.0 Å². The summed E-state index contributed by atoms with van der Waals surface area (Å²) < 4.78 is 39.2. The highest BCUT2D eigenvalue weighted by atomic mass is 32.2. The number of hydrogen-bond acceptors (Lipinski definition) is 8. The number of pyridine rings is 1. The summed E-state index contributed by atoms with van der Waals surface area (Å²) in [7, 11) is -2.59. The summed E-state index contributed by atoms with van der Waals surface area (Å²) >= 11 is 0. The monoisotopic (exact) mass is 588 g/mol. The molecule has 5 rings (SSSR count). The van der Waals surface area contributed by atoms with Crippen molar-refractivity contribution in [1.29, 1.82) is 0 Å². The first-order chi connectivity index (χ1) is 20.3. The number of ether oxygens (including phenoxy) is 2. The lowest BCUT2D eigenvalue weighted by Crippen LogP contribution is -2.36. The van der Waals surface area contributed by atoms with Gasteiger partial charge in [-0.05, 0) is 84.1 Å². The van der Waals surface area contributed by atoms with E-state index >= 15 is 0 Å². The van der Waals surface area contributed by atoms with Crippen molar-refractivity contribution < 1.29 is 27.8 Å². The number of sulfonamides is 1. The van der Waals surface area contributed by atoms with Crippen molar-refractivity contribution in [3.63, 3.8) is 0 Å². The minimum atomic E-state index is -4.12. The summed E-state index contributed by atoms with van der Waals surface area (Å²) in [6.45, 7) is 0.992. The lowest BCUT2D eigenvalue weighted by atomic mass is 9.97. The van der Waals surface area contributed by atoms with Crippen LogP contribution in [0.15, 0.2) is 96.2 Å². The number of nitrogens with zero attached hydrogens (tertiary/aromatic N) is 1. The molecule has 10 nitrogen and oxygen atoms in total. The molecule has 2 unspecified atom stereocenters. The van der Waals surface area contributed by atoms with Crippen molar-refractivity contribution >= 4 is 21.7 Å². The molecule has 42 heavy (non-hydrogen) atoms. The highest BCUT2D eigenvalue weighted by Crippen LogP contribution is 2.32. The van der Waals surface area contributed by atoms with Gasteiger partial charge in [0, 0.05) is 36.7 Å². The summed E-state index contributed by atoms with van der Waals surface area (Å²) in [5.74, 6) is 1.40. The number of fused-ring (bicyclic) bond motifs is 1. The summed E-state index contributed by atoms with van der Waals surface area (Å²) in [6.07, 6.45) is 4.24. The maximum atomic E-state index is 13.0. The topological polar surface area (TPSA) is 139 Å². The van der Waals surface area contributed by atoms with Gasteiger partial charge >= 0.3 is 6.03 Å². The predicted octanol–water partition coefficient (Wildman–Crippen LogP) is 4.28. The predicted molar refractivity (Wildman–Crippen MR) is 159 cm³/mol. The zero-order valence-corrected chi connectivity index (χ0v) is 23.8. The van der Waals surface area contributed by atoms with Crippen LogP contribution in [0.1, 0.15) is 23.7 Å². The van der Waals surface area contributed by atoms with E-state index in [-0.39, 0.29) is 11.0 Å². The lowest BCUT2D eigenvalue weighted by Gasteiger charge is -2.27. The molecule has 1 aliphatic rings. The summed E-state index contributed by atoms with van der Waals surface area (Å²) in [4.78, 5) is 16.4. The molecule has 0 saturated carbocycles. The number of carbonyl (C=O) groups excluding carboxylic acids is 1. The van der Waals surface area contributed by atoms with E-state index in [1.54, 1.807) is 48.8 Å². The molecule has 0 radical (unpaired) electrons. The smallest absolute Gasteiger partial charge is 0.333 e. The van der Waals surface area contributed by atoms with Crippen LogP contribution in [0.4, 0.5) is 10.5 Å². The maximum Gasteiger partial charge on any atom is 0.333 e. The Kier molecular flexibility index (Phi) is 9.01. The van der Waals surface area contributed by atoms with E-state index in [2.05, 4.69) is 20.3 Å². The van der Waals surface area contributed by atoms with Crippen LogP contribution in [-0.2, 0) is 16.4 Å². The number of benzene rings is 3. The molecule has 2 heterocycles. The molecule has 4 aromatic rings. The third-order valence-electron chi connectivity index (χ3n) is 6.92. The van der Waals surface area contributed by atoms with Gasteiger partial charge in [0.25, 0.3) is 10.0 Å². The Hall–Kier alpha value is -4.45. The Morgan fingerprint density at radius 3 is 2.64 bits per heavy atom. The first kappa shape index (κ1) is 29.1. The van der Waals surface area contributed by atoms with Gasteiger partial charge in [-0.3, -0.25) is 4.98 Å². The number of carbonyl (C=O) groups is 1. The summed E-state index contributed by atoms with van der Waals surface area (Å²) in [5.41, 5.74) is 3.76. The Morgan fingerprint density at radius 2 is 1.88 bits per heavy atom. The van der Waals surface area contributed by atoms with Crippen LogP contribution >= 0.6 is 0 Å². The van der Waals surface area contributed by atoms with Crippen LogP contribution in [0.25, 0.3) is 11.1 Å². The number of aliphatic hydroxyl groups is 1. The fourth-order valence-corrected chi connectivity index (χ4v) is 5.65. The number of methoxy groups -OCH3 is 1. The average Bonchev–Trinajstić information content (AvgIpc) is 3.01. The van der Waals surface area contributed by atoms with Gasteiger partial charge in [0.05, 0.1) is 18.1 Å². The average molecular weight is 589 g/mol. The molecule has 0 aliphatic carbocycles. The molecular weight excluding hydrogens is 556 g/mol. The largest absolute Gasteiger partial charge is 0.497 e. The molecule has 0 spiro atoms. The van der Waals surface area contributed by atoms with Crippen LogP contribution < -0.4 is 24.8 Å². The fraction of sp³-hybridized carbons (Fsp3) is 0.226. The zero-order valence-electron chi connectivity index (χ0n) is 23.0. The second-order valence-corrected chi connectivity index (χ2v) is 11.6. The molecule has 2 atom stereocenters. The van der Waals surface area contributed by atoms with Crippen molar-refractivity contribution in [3.05, 3.63) is 102 Å². The van der Waals surface area contributed by atoms with Crippen molar-refractivity contribution in [2.45, 2.75) is 29.9 Å². The van der Waals surface area contributed by atoms with Gasteiger partial charge in [0.1, 0.15) is 17.6 Å². The fourth-order valence-electron chi connectivity index (χ4n) is 4.69. The Balaban J connectivity index is 1.19. The third kappa shape index (κ3) is 7.24. The first-order valence-corrected chi connectivity index (χ1v) is 15.0. The molecule has 0 bridgehead atoms. The number of rotatable bonds is 10. The SMILES string of the molecule is COc1ccc(NC(=O)NS(=O)(=O)c2cccc(-c3ccc4c(c3)CCC(CNCC(O)c3cccnc3)O4)c2)cc1. The van der Waals surface area contributed by atoms with Gasteiger partial charge in [-0.15, -0.1) is 0 Å². The van der Waals surface area contributed by atoms with Crippen LogP contribution in [-0.4, -0.2) is 50.8 Å². The van der Waals surface area contributed by atoms with Crippen LogP contribution in [0.2, 0.25) is 0 Å². The molecule has 218 valence electrons. The highest BCUT2D eigenvalue weighted by Gasteiger charge is 2.22. The normalized spacial score (nSPS) is 15.1. The Labute approximate surface area is 244 Å². The van der Waals surface area contributed by atoms with E-state index in [0.29, 0.717) is 30.1 Å². The molecule has 0 fully saturated rings. The molecule has 11 heteroatoms. The minimum Gasteiger partial charge on any atom is -0.497 e. The van der Waals surface area contributed by atoms with E-state index in [4.69, 9.17) is 9.47 Å². The number of urea groups is 1. The van der Waals surface area contributed by atoms with Crippen LogP contribution in [0, 0.1) is 0 Å². The third-order valence-corrected chi connectivity index (χ3v) is 8.25. The van der Waals surface area contributed by atoms with E-state index in [9.17, 15) is 18.3 Å². The first-order valence-electron chi connectivity index (χ1n) is 13.5. The quantitative estimate of drug-likeness (QED) is 0.215. The number of hydrogen-bond donors (Lipinski definition) is 4. The zero-order chi connectivity index (χ0) is 29.5. The van der Waals surface area contributed by atoms with E-state index in [0.717, 1.165) is 35.3 Å². The number of aliphatic hydroxyl groups excluding tert-OH is 1. The number of amides is 2. The second kappa shape index (κ2) is 13.0. The molecular formula is C31H32N4O6S. The van der Waals surface area contributed by atoms with E-state index in [1.807, 2.05) is 30.3 Å². The molecule has 2 amide bonds. The van der Waals surface area contributed by atoms with Gasteiger partial charge < -0.3 is 25.2 Å². The second-order valence-electron chi connectivity index (χ2n) is 9.88. The maximum absolute atomic E-state index is 13.0. The summed E-state index contributed by atoms with van der Waals surface area (Å²) in [6, 6.07) is 21.5. The van der Waals surface area contributed by atoms with Crippen LogP contribution in [0.5, 0.6) is 11.5 Å². The minimum absolute atomic E-state index is 0.0292. The number of nitrogens with one attached hydrogen (secondary N) is 3. The van der Waals surface area contributed by atoms with Gasteiger partial charge in [-0.1, -0.05) is 24.3 Å². The van der Waals surface area contributed by atoms with E-state index < -0.39 is 22.2 Å². The van der Waals surface area contributed by atoms with Gasteiger partial charge in [0.2, 0.25) is 0 Å².